The third-order valence-corrected chi connectivity index (χ3v) is 4.51. The van der Waals surface area contributed by atoms with Gasteiger partial charge in [0.1, 0.15) is 0 Å². The lowest BCUT2D eigenvalue weighted by molar-refractivity contribution is -0.115. The minimum atomic E-state index is -0.0563. The molecule has 1 fully saturated rings. The zero-order valence-corrected chi connectivity index (χ0v) is 13.0. The van der Waals surface area contributed by atoms with Crippen LogP contribution in [0.3, 0.4) is 0 Å². The summed E-state index contributed by atoms with van der Waals surface area (Å²) in [5.41, 5.74) is 0.779. The van der Waals surface area contributed by atoms with Crippen LogP contribution in [0.2, 0.25) is 0 Å². The Hall–Kier alpha value is -0.910. The molecule has 1 amide bonds. The topological polar surface area (TPSA) is 61.4 Å². The van der Waals surface area contributed by atoms with Gasteiger partial charge in [0.05, 0.1) is 12.2 Å². The smallest absolute Gasteiger partial charge is 0.238 e. The third-order valence-electron chi connectivity index (χ3n) is 3.82. The van der Waals surface area contributed by atoms with Crippen LogP contribution in [0.1, 0.15) is 25.7 Å². The van der Waals surface area contributed by atoms with E-state index in [1.165, 1.54) is 12.8 Å². The van der Waals surface area contributed by atoms with Crippen molar-refractivity contribution >= 4 is 27.5 Å². The molecule has 1 aromatic carbocycles. The molecule has 0 spiro atoms. The van der Waals surface area contributed by atoms with Crippen LogP contribution in [-0.2, 0) is 4.79 Å². The van der Waals surface area contributed by atoms with Gasteiger partial charge in [-0.1, -0.05) is 25.0 Å². The van der Waals surface area contributed by atoms with Gasteiger partial charge in [0.15, 0.2) is 0 Å². The molecule has 2 unspecified atom stereocenters. The van der Waals surface area contributed by atoms with Crippen LogP contribution >= 0.6 is 15.9 Å². The summed E-state index contributed by atoms with van der Waals surface area (Å²) in [5, 5.41) is 15.5. The van der Waals surface area contributed by atoms with Crippen molar-refractivity contribution in [3.05, 3.63) is 28.7 Å². The van der Waals surface area contributed by atoms with Gasteiger partial charge >= 0.3 is 0 Å². The number of benzene rings is 1. The Bertz CT molecular complexity index is 453. The van der Waals surface area contributed by atoms with E-state index in [-0.39, 0.29) is 31.0 Å². The highest BCUT2D eigenvalue weighted by Crippen LogP contribution is 2.24. The van der Waals surface area contributed by atoms with Gasteiger partial charge in [-0.3, -0.25) is 4.79 Å². The molecule has 1 aliphatic rings. The first-order chi connectivity index (χ1) is 9.70. The molecule has 110 valence electrons. The Morgan fingerprint density at radius 2 is 2.05 bits per heavy atom. The second-order valence-electron chi connectivity index (χ2n) is 5.24. The fraction of sp³-hybridized carbons (Fsp3) is 0.533. The Labute approximate surface area is 128 Å². The van der Waals surface area contributed by atoms with E-state index in [9.17, 15) is 9.90 Å². The molecule has 20 heavy (non-hydrogen) atoms. The molecule has 2 rings (SSSR count). The highest BCUT2D eigenvalue weighted by Gasteiger charge is 2.24. The van der Waals surface area contributed by atoms with E-state index in [1.54, 1.807) is 0 Å². The van der Waals surface area contributed by atoms with Crippen molar-refractivity contribution in [1.29, 1.82) is 0 Å². The molecule has 0 bridgehead atoms. The Kier molecular flexibility index (Phi) is 6.01. The van der Waals surface area contributed by atoms with Crippen LogP contribution in [0.25, 0.3) is 0 Å². The number of halogens is 1. The lowest BCUT2D eigenvalue weighted by Crippen LogP contribution is -2.43. The van der Waals surface area contributed by atoms with Gasteiger partial charge in [0.25, 0.3) is 0 Å². The third kappa shape index (κ3) is 4.30. The number of carbonyl (C=O) groups excluding carboxylic acids is 1. The molecule has 0 aliphatic heterocycles. The molecule has 2 atom stereocenters. The average Bonchev–Trinajstić information content (AvgIpc) is 2.48. The molecule has 3 N–H and O–H groups in total. The zero-order chi connectivity index (χ0) is 14.4. The second kappa shape index (κ2) is 7.76. The largest absolute Gasteiger partial charge is 0.396 e. The van der Waals surface area contributed by atoms with E-state index in [2.05, 4.69) is 26.6 Å². The predicted octanol–water partition coefficient (Wildman–Crippen LogP) is 2.53. The number of carbonyl (C=O) groups is 1. The maximum atomic E-state index is 11.9. The molecule has 1 saturated carbocycles. The lowest BCUT2D eigenvalue weighted by atomic mass is 9.85. The summed E-state index contributed by atoms with van der Waals surface area (Å²) in [4.78, 5) is 11.9. The SMILES string of the molecule is O=C(CNC1CCCCC1CO)Nc1ccccc1Br. The van der Waals surface area contributed by atoms with Crippen LogP contribution in [0, 0.1) is 5.92 Å². The van der Waals surface area contributed by atoms with Crippen molar-refractivity contribution in [2.45, 2.75) is 31.7 Å². The zero-order valence-electron chi connectivity index (χ0n) is 11.4. The highest BCUT2D eigenvalue weighted by atomic mass is 79.9. The van der Waals surface area contributed by atoms with Gasteiger partial charge in [-0.2, -0.15) is 0 Å². The monoisotopic (exact) mass is 340 g/mol. The van der Waals surface area contributed by atoms with Crippen molar-refractivity contribution in [3.63, 3.8) is 0 Å². The average molecular weight is 341 g/mol. The molecule has 4 nitrogen and oxygen atoms in total. The molecule has 1 aromatic rings. The van der Waals surface area contributed by atoms with Gasteiger partial charge < -0.3 is 15.7 Å². The normalized spacial score (nSPS) is 22.5. The molecule has 1 aliphatic carbocycles. The van der Waals surface area contributed by atoms with Crippen molar-refractivity contribution in [1.82, 2.24) is 5.32 Å². The number of aliphatic hydroxyl groups is 1. The van der Waals surface area contributed by atoms with Gasteiger partial charge in [-0.05, 0) is 46.8 Å². The number of hydrogen-bond donors (Lipinski definition) is 3. The first-order valence-corrected chi connectivity index (χ1v) is 7.88. The van der Waals surface area contributed by atoms with Crippen molar-refractivity contribution < 1.29 is 9.90 Å². The summed E-state index contributed by atoms with van der Waals surface area (Å²) >= 11 is 3.41. The maximum absolute atomic E-state index is 11.9. The van der Waals surface area contributed by atoms with Crippen LogP contribution in [0.4, 0.5) is 5.69 Å². The minimum Gasteiger partial charge on any atom is -0.396 e. The summed E-state index contributed by atoms with van der Waals surface area (Å²) in [5.74, 6) is 0.221. The van der Waals surface area contributed by atoms with Crippen molar-refractivity contribution in [2.75, 3.05) is 18.5 Å². The fourth-order valence-corrected chi connectivity index (χ4v) is 3.06. The predicted molar refractivity (Wildman–Crippen MR) is 83.6 cm³/mol. The van der Waals surface area contributed by atoms with E-state index in [0.29, 0.717) is 0 Å². The lowest BCUT2D eigenvalue weighted by Gasteiger charge is -2.30. The van der Waals surface area contributed by atoms with Gasteiger partial charge in [-0.25, -0.2) is 0 Å². The Morgan fingerprint density at radius 1 is 1.30 bits per heavy atom. The number of amides is 1. The molecule has 0 saturated heterocycles. The van der Waals surface area contributed by atoms with Crippen molar-refractivity contribution in [3.8, 4) is 0 Å². The number of para-hydroxylation sites is 1. The Balaban J connectivity index is 1.81. The van der Waals surface area contributed by atoms with Crippen LogP contribution in [0.5, 0.6) is 0 Å². The van der Waals surface area contributed by atoms with Crippen LogP contribution < -0.4 is 10.6 Å². The van der Waals surface area contributed by atoms with E-state index < -0.39 is 0 Å². The number of aliphatic hydroxyl groups excluding tert-OH is 1. The highest BCUT2D eigenvalue weighted by molar-refractivity contribution is 9.10. The number of hydrogen-bond acceptors (Lipinski definition) is 3. The van der Waals surface area contributed by atoms with Crippen molar-refractivity contribution in [2.24, 2.45) is 5.92 Å². The number of anilines is 1. The molecule has 0 aromatic heterocycles. The van der Waals surface area contributed by atoms with Gasteiger partial charge in [0.2, 0.25) is 5.91 Å². The molecule has 5 heteroatoms. The van der Waals surface area contributed by atoms with E-state index in [4.69, 9.17) is 0 Å². The molecular formula is C15H21BrN2O2. The van der Waals surface area contributed by atoms with Gasteiger partial charge in [0, 0.05) is 17.1 Å². The standard InChI is InChI=1S/C15H21BrN2O2/c16-12-6-2-4-8-14(12)18-15(20)9-17-13-7-3-1-5-11(13)10-19/h2,4,6,8,11,13,17,19H,1,3,5,7,9-10H2,(H,18,20). The van der Waals surface area contributed by atoms with Crippen LogP contribution in [0.15, 0.2) is 28.7 Å². The first kappa shape index (κ1) is 15.5. The van der Waals surface area contributed by atoms with Gasteiger partial charge in [-0.15, -0.1) is 0 Å². The van der Waals surface area contributed by atoms with E-state index >= 15 is 0 Å². The maximum Gasteiger partial charge on any atom is 0.238 e. The van der Waals surface area contributed by atoms with E-state index in [0.717, 1.165) is 23.0 Å². The summed E-state index contributed by atoms with van der Waals surface area (Å²) in [6.45, 7) is 0.478. The first-order valence-electron chi connectivity index (χ1n) is 7.09. The summed E-state index contributed by atoms with van der Waals surface area (Å²) in [7, 11) is 0. The minimum absolute atomic E-state index is 0.0563. The molecule has 0 radical (unpaired) electrons. The molecule has 0 heterocycles. The van der Waals surface area contributed by atoms with E-state index in [1.807, 2.05) is 24.3 Å². The summed E-state index contributed by atoms with van der Waals surface area (Å²) in [6.07, 6.45) is 4.42. The summed E-state index contributed by atoms with van der Waals surface area (Å²) in [6, 6.07) is 7.80. The van der Waals surface area contributed by atoms with Crippen LogP contribution in [-0.4, -0.2) is 30.2 Å². The summed E-state index contributed by atoms with van der Waals surface area (Å²) < 4.78 is 0.874. The molecular weight excluding hydrogens is 320 g/mol. The quantitative estimate of drug-likeness (QED) is 0.771. The fourth-order valence-electron chi connectivity index (χ4n) is 2.68. The Morgan fingerprint density at radius 3 is 2.80 bits per heavy atom. The second-order valence-corrected chi connectivity index (χ2v) is 6.10. The number of nitrogens with one attached hydrogen (secondary N) is 2. The number of rotatable bonds is 5.